The van der Waals surface area contributed by atoms with Crippen molar-refractivity contribution in [2.24, 2.45) is 11.8 Å². The Labute approximate surface area is 160 Å². The molecule has 0 aromatic heterocycles. The van der Waals surface area contributed by atoms with Gasteiger partial charge in [-0.1, -0.05) is 58.9 Å². The second-order valence-electron chi connectivity index (χ2n) is 8.25. The minimum Gasteiger partial charge on any atom is -0.465 e. The highest BCUT2D eigenvalue weighted by molar-refractivity contribution is 5.89. The number of carbonyl (C=O) groups excluding carboxylic acids is 1. The number of esters is 1. The van der Waals surface area contributed by atoms with E-state index in [2.05, 4.69) is 32.9 Å². The Morgan fingerprint density at radius 3 is 2.65 bits per heavy atom. The van der Waals surface area contributed by atoms with Crippen LogP contribution in [-0.4, -0.2) is 13.1 Å². The van der Waals surface area contributed by atoms with Gasteiger partial charge in [-0.25, -0.2) is 4.79 Å². The van der Waals surface area contributed by atoms with E-state index < -0.39 is 0 Å². The van der Waals surface area contributed by atoms with E-state index in [1.165, 1.54) is 76.0 Å². The smallest absolute Gasteiger partial charge is 0.337 e. The summed E-state index contributed by atoms with van der Waals surface area (Å²) in [7, 11) is 1.46. The van der Waals surface area contributed by atoms with Gasteiger partial charge in [0.1, 0.15) is 0 Å². The fourth-order valence-electron chi connectivity index (χ4n) is 4.53. The summed E-state index contributed by atoms with van der Waals surface area (Å²) in [4.78, 5) is 11.9. The Bertz CT molecular complexity index is 563. The fourth-order valence-corrected chi connectivity index (χ4v) is 4.53. The lowest BCUT2D eigenvalue weighted by Gasteiger charge is -2.33. The van der Waals surface area contributed by atoms with Crippen LogP contribution in [0.15, 0.2) is 18.2 Å². The molecule has 26 heavy (non-hydrogen) atoms. The second kappa shape index (κ2) is 10.7. The minimum atomic E-state index is -0.217. The van der Waals surface area contributed by atoms with Gasteiger partial charge in [-0.05, 0) is 73.1 Å². The van der Waals surface area contributed by atoms with Crippen molar-refractivity contribution in [1.82, 2.24) is 0 Å². The molecular weight excluding hydrogens is 320 g/mol. The molecule has 2 rings (SSSR count). The molecule has 0 N–H and O–H groups in total. The van der Waals surface area contributed by atoms with Crippen LogP contribution in [0.4, 0.5) is 0 Å². The summed E-state index contributed by atoms with van der Waals surface area (Å²) in [5.74, 6) is 2.10. The number of ether oxygens (including phenoxy) is 1. The number of hydrogen-bond acceptors (Lipinski definition) is 2. The van der Waals surface area contributed by atoms with Gasteiger partial charge in [0.25, 0.3) is 0 Å². The summed E-state index contributed by atoms with van der Waals surface area (Å²) in [6, 6.07) is 6.28. The number of fused-ring (bicyclic) bond motifs is 1. The molecule has 0 heterocycles. The maximum atomic E-state index is 11.9. The molecule has 146 valence electrons. The molecule has 0 fully saturated rings. The molecule has 0 radical (unpaired) electrons. The van der Waals surface area contributed by atoms with Crippen molar-refractivity contribution in [1.29, 1.82) is 0 Å². The first kappa shape index (κ1) is 21.0. The van der Waals surface area contributed by atoms with Gasteiger partial charge in [-0.2, -0.15) is 0 Å². The predicted molar refractivity (Wildman–Crippen MR) is 110 cm³/mol. The number of carbonyl (C=O) groups is 1. The molecule has 1 aliphatic carbocycles. The lowest BCUT2D eigenvalue weighted by molar-refractivity contribution is 0.0600. The largest absolute Gasteiger partial charge is 0.465 e. The number of benzene rings is 1. The van der Waals surface area contributed by atoms with Gasteiger partial charge in [-0.15, -0.1) is 0 Å². The molecule has 3 unspecified atom stereocenters. The number of hydrogen-bond donors (Lipinski definition) is 0. The van der Waals surface area contributed by atoms with Crippen LogP contribution in [0, 0.1) is 11.8 Å². The molecule has 0 amide bonds. The Morgan fingerprint density at radius 2 is 1.96 bits per heavy atom. The van der Waals surface area contributed by atoms with E-state index in [1.807, 2.05) is 6.07 Å². The molecule has 0 aliphatic heterocycles. The van der Waals surface area contributed by atoms with Crippen molar-refractivity contribution in [2.75, 3.05) is 7.11 Å². The van der Waals surface area contributed by atoms with Crippen LogP contribution in [0.1, 0.15) is 106 Å². The molecule has 1 aromatic carbocycles. The topological polar surface area (TPSA) is 26.3 Å². The standard InChI is InChI=1S/C24H38O2/c1-5-7-11-19(12-8-10-18(3)6-2)22-14-9-13-20-17-21(24(25)26-4)15-16-23(20)22/h15-19,22H,5-14H2,1-4H3. The monoisotopic (exact) mass is 358 g/mol. The van der Waals surface area contributed by atoms with E-state index in [4.69, 9.17) is 4.74 Å². The molecule has 0 bridgehead atoms. The zero-order valence-electron chi connectivity index (χ0n) is 17.4. The predicted octanol–water partition coefficient (Wildman–Crippen LogP) is 6.92. The van der Waals surface area contributed by atoms with Crippen molar-refractivity contribution >= 4 is 5.97 Å². The minimum absolute atomic E-state index is 0.217. The molecule has 3 atom stereocenters. The first-order valence-electron chi connectivity index (χ1n) is 10.8. The zero-order valence-corrected chi connectivity index (χ0v) is 17.4. The highest BCUT2D eigenvalue weighted by Gasteiger charge is 2.28. The summed E-state index contributed by atoms with van der Waals surface area (Å²) in [5.41, 5.74) is 3.59. The zero-order chi connectivity index (χ0) is 18.9. The van der Waals surface area contributed by atoms with Crippen LogP contribution in [0.2, 0.25) is 0 Å². The number of aryl methyl sites for hydroxylation is 1. The molecule has 2 nitrogen and oxygen atoms in total. The summed E-state index contributed by atoms with van der Waals surface area (Å²) >= 11 is 0. The van der Waals surface area contributed by atoms with Crippen molar-refractivity contribution in [3.05, 3.63) is 34.9 Å². The van der Waals surface area contributed by atoms with Gasteiger partial charge in [0, 0.05) is 0 Å². The van der Waals surface area contributed by atoms with Crippen LogP contribution in [0.25, 0.3) is 0 Å². The molecule has 0 saturated heterocycles. The average Bonchev–Trinajstić information content (AvgIpc) is 2.68. The van der Waals surface area contributed by atoms with E-state index in [1.54, 1.807) is 0 Å². The lowest BCUT2D eigenvalue weighted by Crippen LogP contribution is -2.20. The maximum Gasteiger partial charge on any atom is 0.337 e. The number of rotatable bonds is 10. The van der Waals surface area contributed by atoms with Gasteiger partial charge in [0.15, 0.2) is 0 Å². The molecule has 2 heteroatoms. The highest BCUT2D eigenvalue weighted by atomic mass is 16.5. The maximum absolute atomic E-state index is 11.9. The third-order valence-electron chi connectivity index (χ3n) is 6.39. The molecule has 0 spiro atoms. The van der Waals surface area contributed by atoms with E-state index in [0.29, 0.717) is 11.5 Å². The molecule has 0 saturated carbocycles. The summed E-state index contributed by atoms with van der Waals surface area (Å²) < 4.78 is 4.90. The quantitative estimate of drug-likeness (QED) is 0.424. The third-order valence-corrected chi connectivity index (χ3v) is 6.39. The van der Waals surface area contributed by atoms with Gasteiger partial charge >= 0.3 is 5.97 Å². The van der Waals surface area contributed by atoms with Crippen molar-refractivity contribution in [3.8, 4) is 0 Å². The Kier molecular flexibility index (Phi) is 8.68. The van der Waals surface area contributed by atoms with E-state index >= 15 is 0 Å². The van der Waals surface area contributed by atoms with Crippen LogP contribution >= 0.6 is 0 Å². The highest BCUT2D eigenvalue weighted by Crippen LogP contribution is 2.41. The number of methoxy groups -OCH3 is 1. The second-order valence-corrected chi connectivity index (χ2v) is 8.25. The van der Waals surface area contributed by atoms with Gasteiger partial charge in [0.05, 0.1) is 12.7 Å². The van der Waals surface area contributed by atoms with Crippen molar-refractivity contribution < 1.29 is 9.53 Å². The fraction of sp³-hybridized carbons (Fsp3) is 0.708. The van der Waals surface area contributed by atoms with Crippen LogP contribution < -0.4 is 0 Å². The Hall–Kier alpha value is -1.31. The van der Waals surface area contributed by atoms with E-state index in [0.717, 1.165) is 18.3 Å². The summed E-state index contributed by atoms with van der Waals surface area (Å²) in [5, 5.41) is 0. The normalized spacial score (nSPS) is 18.8. The van der Waals surface area contributed by atoms with Crippen LogP contribution in [0.3, 0.4) is 0 Å². The molecule has 1 aliphatic rings. The first-order valence-corrected chi connectivity index (χ1v) is 10.8. The van der Waals surface area contributed by atoms with Gasteiger partial charge < -0.3 is 4.74 Å². The van der Waals surface area contributed by atoms with Gasteiger partial charge in [-0.3, -0.25) is 0 Å². The lowest BCUT2D eigenvalue weighted by atomic mass is 9.72. The molecular formula is C24H38O2. The SMILES string of the molecule is CCCCC(CCCC(C)CC)C1CCCc2cc(C(=O)OC)ccc21. The van der Waals surface area contributed by atoms with Crippen molar-refractivity contribution in [2.45, 2.75) is 90.9 Å². The first-order chi connectivity index (χ1) is 12.6. The molecule has 1 aromatic rings. The third kappa shape index (κ3) is 5.59. The van der Waals surface area contributed by atoms with Gasteiger partial charge in [0.2, 0.25) is 0 Å². The van der Waals surface area contributed by atoms with Crippen LogP contribution in [-0.2, 0) is 11.2 Å². The number of unbranched alkanes of at least 4 members (excludes halogenated alkanes) is 1. The van der Waals surface area contributed by atoms with E-state index in [-0.39, 0.29) is 5.97 Å². The summed E-state index contributed by atoms with van der Waals surface area (Å²) in [6.07, 6.45) is 13.0. The Morgan fingerprint density at radius 1 is 1.19 bits per heavy atom. The van der Waals surface area contributed by atoms with Crippen LogP contribution in [0.5, 0.6) is 0 Å². The van der Waals surface area contributed by atoms with E-state index in [9.17, 15) is 4.79 Å². The summed E-state index contributed by atoms with van der Waals surface area (Å²) in [6.45, 7) is 6.98. The average molecular weight is 359 g/mol. The Balaban J connectivity index is 2.14. The van der Waals surface area contributed by atoms with Crippen molar-refractivity contribution in [3.63, 3.8) is 0 Å².